The van der Waals surface area contributed by atoms with Crippen molar-refractivity contribution in [2.75, 3.05) is 0 Å². The molecule has 0 spiro atoms. The van der Waals surface area contributed by atoms with Crippen LogP contribution in [0.15, 0.2) is 22.7 Å². The number of halogens is 3. The van der Waals surface area contributed by atoms with E-state index in [1.54, 1.807) is 13.0 Å². The van der Waals surface area contributed by atoms with Gasteiger partial charge < -0.3 is 0 Å². The van der Waals surface area contributed by atoms with Crippen molar-refractivity contribution >= 4 is 15.9 Å². The SMILES string of the molecule is Cc1cc(Br)cc(C2(C)CC2(F)F)c1. The summed E-state index contributed by atoms with van der Waals surface area (Å²) < 4.78 is 27.1. The second-order valence-corrected chi connectivity index (χ2v) is 5.15. The molecule has 1 aromatic rings. The van der Waals surface area contributed by atoms with Gasteiger partial charge in [0.05, 0.1) is 5.41 Å². The van der Waals surface area contributed by atoms with Gasteiger partial charge in [-0.05, 0) is 37.1 Å². The van der Waals surface area contributed by atoms with E-state index >= 15 is 0 Å². The van der Waals surface area contributed by atoms with E-state index in [9.17, 15) is 8.78 Å². The molecule has 1 aromatic carbocycles. The van der Waals surface area contributed by atoms with Crippen LogP contribution in [0.5, 0.6) is 0 Å². The fourth-order valence-corrected chi connectivity index (χ4v) is 2.38. The summed E-state index contributed by atoms with van der Waals surface area (Å²) in [6.45, 7) is 3.53. The van der Waals surface area contributed by atoms with Gasteiger partial charge in [0.1, 0.15) is 0 Å². The fraction of sp³-hybridized carbons (Fsp3) is 0.455. The molecule has 2 rings (SSSR count). The van der Waals surface area contributed by atoms with E-state index in [1.165, 1.54) is 0 Å². The molecule has 0 N–H and O–H groups in total. The predicted molar refractivity (Wildman–Crippen MR) is 55.8 cm³/mol. The van der Waals surface area contributed by atoms with Crippen molar-refractivity contribution in [1.29, 1.82) is 0 Å². The minimum atomic E-state index is -2.53. The standard InChI is InChI=1S/C11H11BrF2/c1-7-3-8(5-9(12)4-7)10(2)6-11(10,13)14/h3-5H,6H2,1-2H3. The lowest BCUT2D eigenvalue weighted by Gasteiger charge is -2.11. The highest BCUT2D eigenvalue weighted by Gasteiger charge is 2.68. The largest absolute Gasteiger partial charge is 0.258 e. The van der Waals surface area contributed by atoms with Gasteiger partial charge in [0, 0.05) is 10.9 Å². The van der Waals surface area contributed by atoms with Crippen LogP contribution in [0.2, 0.25) is 0 Å². The van der Waals surface area contributed by atoms with Gasteiger partial charge in [-0.1, -0.05) is 22.0 Å². The Kier molecular flexibility index (Phi) is 2.01. The summed E-state index contributed by atoms with van der Waals surface area (Å²) in [6.07, 6.45) is -0.0319. The fourth-order valence-electron chi connectivity index (χ4n) is 1.77. The van der Waals surface area contributed by atoms with E-state index in [1.807, 2.05) is 19.1 Å². The van der Waals surface area contributed by atoms with Crippen LogP contribution in [-0.4, -0.2) is 5.92 Å². The first-order valence-electron chi connectivity index (χ1n) is 4.51. The van der Waals surface area contributed by atoms with E-state index < -0.39 is 11.3 Å². The molecule has 0 bridgehead atoms. The van der Waals surface area contributed by atoms with Crippen LogP contribution < -0.4 is 0 Å². The zero-order valence-corrected chi connectivity index (χ0v) is 9.66. The van der Waals surface area contributed by atoms with E-state index in [4.69, 9.17) is 0 Å². The highest BCUT2D eigenvalue weighted by molar-refractivity contribution is 9.10. The minimum absolute atomic E-state index is 0.0319. The van der Waals surface area contributed by atoms with Gasteiger partial charge in [0.25, 0.3) is 5.92 Å². The lowest BCUT2D eigenvalue weighted by molar-refractivity contribution is 0.0920. The maximum absolute atomic E-state index is 13.1. The predicted octanol–water partition coefficient (Wildman–Crippen LogP) is 4.05. The molecule has 14 heavy (non-hydrogen) atoms. The summed E-state index contributed by atoms with van der Waals surface area (Å²) in [7, 11) is 0. The van der Waals surface area contributed by atoms with Gasteiger partial charge in [-0.3, -0.25) is 0 Å². The van der Waals surface area contributed by atoms with Gasteiger partial charge in [-0.25, -0.2) is 8.78 Å². The molecule has 0 heterocycles. The van der Waals surface area contributed by atoms with Crippen LogP contribution in [0.3, 0.4) is 0 Å². The van der Waals surface area contributed by atoms with Gasteiger partial charge in [0.15, 0.2) is 0 Å². The van der Waals surface area contributed by atoms with Crippen molar-refractivity contribution in [3.05, 3.63) is 33.8 Å². The lowest BCUT2D eigenvalue weighted by atomic mass is 9.96. The van der Waals surface area contributed by atoms with Crippen molar-refractivity contribution in [3.8, 4) is 0 Å². The Morgan fingerprint density at radius 1 is 1.29 bits per heavy atom. The van der Waals surface area contributed by atoms with Crippen molar-refractivity contribution < 1.29 is 8.78 Å². The van der Waals surface area contributed by atoms with Gasteiger partial charge in [-0.15, -0.1) is 0 Å². The zero-order valence-electron chi connectivity index (χ0n) is 8.07. The first kappa shape index (κ1) is 10.1. The molecular weight excluding hydrogens is 250 g/mol. The quantitative estimate of drug-likeness (QED) is 0.715. The molecule has 1 aliphatic rings. The molecule has 0 aromatic heterocycles. The number of alkyl halides is 2. The molecule has 1 unspecified atom stereocenters. The summed E-state index contributed by atoms with van der Waals surface area (Å²) in [5, 5.41) is 0. The van der Waals surface area contributed by atoms with E-state index in [0.29, 0.717) is 0 Å². The van der Waals surface area contributed by atoms with Crippen molar-refractivity contribution in [2.24, 2.45) is 0 Å². The summed E-state index contributed by atoms with van der Waals surface area (Å²) in [6, 6.07) is 5.55. The van der Waals surface area contributed by atoms with Gasteiger partial charge >= 0.3 is 0 Å². The average molecular weight is 261 g/mol. The monoisotopic (exact) mass is 260 g/mol. The molecular formula is C11H11BrF2. The van der Waals surface area contributed by atoms with Crippen LogP contribution in [0, 0.1) is 6.92 Å². The molecule has 0 radical (unpaired) electrons. The Labute approximate surface area is 90.4 Å². The molecule has 1 fully saturated rings. The number of benzene rings is 1. The number of rotatable bonds is 1. The first-order valence-corrected chi connectivity index (χ1v) is 5.30. The average Bonchev–Trinajstić information content (AvgIpc) is 2.50. The highest BCUT2D eigenvalue weighted by atomic mass is 79.9. The van der Waals surface area contributed by atoms with Crippen LogP contribution in [-0.2, 0) is 5.41 Å². The molecule has 3 heteroatoms. The molecule has 1 atom stereocenters. The third-order valence-corrected chi connectivity index (χ3v) is 3.39. The minimum Gasteiger partial charge on any atom is -0.206 e. The van der Waals surface area contributed by atoms with Crippen LogP contribution in [0.1, 0.15) is 24.5 Å². The summed E-state index contributed by atoms with van der Waals surface area (Å²) in [5.74, 6) is -2.53. The molecule has 0 nitrogen and oxygen atoms in total. The topological polar surface area (TPSA) is 0 Å². The Hall–Kier alpha value is -0.440. The molecule has 1 saturated carbocycles. The van der Waals surface area contributed by atoms with E-state index in [2.05, 4.69) is 15.9 Å². The Bertz CT molecular complexity index is 367. The first-order chi connectivity index (χ1) is 6.35. The van der Waals surface area contributed by atoms with Crippen LogP contribution in [0.25, 0.3) is 0 Å². The van der Waals surface area contributed by atoms with Gasteiger partial charge in [-0.2, -0.15) is 0 Å². The smallest absolute Gasteiger partial charge is 0.206 e. The second-order valence-electron chi connectivity index (χ2n) is 4.23. The third-order valence-electron chi connectivity index (χ3n) is 2.94. The van der Waals surface area contributed by atoms with Crippen molar-refractivity contribution in [3.63, 3.8) is 0 Å². The van der Waals surface area contributed by atoms with Crippen LogP contribution in [0.4, 0.5) is 8.78 Å². The Balaban J connectivity index is 2.44. The van der Waals surface area contributed by atoms with Crippen molar-refractivity contribution in [2.45, 2.75) is 31.6 Å². The zero-order chi connectivity index (χ0) is 10.6. The maximum Gasteiger partial charge on any atom is 0.258 e. The van der Waals surface area contributed by atoms with E-state index in [0.717, 1.165) is 15.6 Å². The highest BCUT2D eigenvalue weighted by Crippen LogP contribution is 2.61. The second kappa shape index (κ2) is 2.78. The number of aryl methyl sites for hydroxylation is 1. The molecule has 76 valence electrons. The molecule has 0 amide bonds. The van der Waals surface area contributed by atoms with E-state index in [-0.39, 0.29) is 6.42 Å². The molecule has 1 aliphatic carbocycles. The number of hydrogen-bond acceptors (Lipinski definition) is 0. The normalized spacial score (nSPS) is 28.9. The third kappa shape index (κ3) is 1.38. The molecule has 0 saturated heterocycles. The van der Waals surface area contributed by atoms with Crippen LogP contribution >= 0.6 is 15.9 Å². The van der Waals surface area contributed by atoms with Gasteiger partial charge in [0.2, 0.25) is 0 Å². The lowest BCUT2D eigenvalue weighted by Crippen LogP contribution is -2.11. The Morgan fingerprint density at radius 2 is 1.86 bits per heavy atom. The number of hydrogen-bond donors (Lipinski definition) is 0. The maximum atomic E-state index is 13.1. The summed E-state index contributed by atoms with van der Waals surface area (Å²) in [4.78, 5) is 0. The summed E-state index contributed by atoms with van der Waals surface area (Å²) in [5.41, 5.74) is 0.800. The molecule has 0 aliphatic heterocycles. The Morgan fingerprint density at radius 3 is 2.29 bits per heavy atom. The van der Waals surface area contributed by atoms with Crippen molar-refractivity contribution in [1.82, 2.24) is 0 Å². The summed E-state index contributed by atoms with van der Waals surface area (Å²) >= 11 is 3.33.